The Kier molecular flexibility index (Phi) is 15.5. The van der Waals surface area contributed by atoms with Gasteiger partial charge < -0.3 is 0 Å². The lowest BCUT2D eigenvalue weighted by Crippen LogP contribution is -2.37. The van der Waals surface area contributed by atoms with Gasteiger partial charge in [-0.05, 0) is 184 Å². The van der Waals surface area contributed by atoms with Crippen LogP contribution in [0.5, 0.6) is 0 Å². The molecule has 18 heteroatoms. The van der Waals surface area contributed by atoms with Crippen molar-refractivity contribution in [2.24, 2.45) is 43.3 Å². The van der Waals surface area contributed by atoms with Crippen LogP contribution in [0.4, 0.5) is 23.8 Å². The third-order valence-electron chi connectivity index (χ3n) is 21.6. The summed E-state index contributed by atoms with van der Waals surface area (Å²) < 4.78 is 0. The van der Waals surface area contributed by atoms with Crippen LogP contribution < -0.4 is 19.6 Å². The van der Waals surface area contributed by atoms with E-state index in [1.54, 1.807) is 117 Å². The van der Waals surface area contributed by atoms with Crippen molar-refractivity contribution in [3.8, 4) is 45.0 Å². The number of hydrogen-bond acceptors (Lipinski definition) is 14. The molecule has 8 amide bonds. The summed E-state index contributed by atoms with van der Waals surface area (Å²) in [5, 5.41) is 6.35. The van der Waals surface area contributed by atoms with Crippen molar-refractivity contribution < 1.29 is 38.4 Å². The van der Waals surface area contributed by atoms with Gasteiger partial charge in [0, 0.05) is 11.1 Å². The van der Waals surface area contributed by atoms with Gasteiger partial charge in [0.2, 0.25) is 71.1 Å². The molecule has 4 saturated heterocycles. The Hall–Kier alpha value is -10.1. The third-order valence-corrected chi connectivity index (χ3v) is 21.6. The van der Waals surface area contributed by atoms with Crippen LogP contribution in [0.1, 0.15) is 125 Å². The van der Waals surface area contributed by atoms with E-state index in [1.807, 2.05) is 111 Å². The zero-order chi connectivity index (χ0) is 68.5. The number of nitrogens with zero attached hydrogens (tertiary/aromatic N) is 10. The van der Waals surface area contributed by atoms with E-state index in [2.05, 4.69) is 72.4 Å². The summed E-state index contributed by atoms with van der Waals surface area (Å²) in [5.41, 5.74) is -3.30. The Balaban J connectivity index is 0.000000187. The van der Waals surface area contributed by atoms with E-state index in [0.717, 1.165) is 74.2 Å². The van der Waals surface area contributed by atoms with E-state index in [1.165, 1.54) is 0 Å². The first-order chi connectivity index (χ1) is 44.0. The molecule has 0 atom stereocenters. The molecule has 0 aliphatic carbocycles. The van der Waals surface area contributed by atoms with Crippen LogP contribution in [0.2, 0.25) is 0 Å². The van der Waals surface area contributed by atoms with Gasteiger partial charge in [-0.2, -0.15) is 29.9 Å². The Morgan fingerprint density at radius 1 is 0.223 bits per heavy atom. The van der Waals surface area contributed by atoms with E-state index in [-0.39, 0.29) is 35.4 Å². The van der Waals surface area contributed by atoms with Gasteiger partial charge in [-0.3, -0.25) is 38.4 Å². The van der Waals surface area contributed by atoms with Crippen LogP contribution in [0.25, 0.3) is 77.3 Å². The molecule has 0 saturated carbocycles. The van der Waals surface area contributed by atoms with Crippen LogP contribution >= 0.6 is 0 Å². The van der Waals surface area contributed by atoms with Gasteiger partial charge in [0.15, 0.2) is 11.6 Å². The number of carbonyl (C=O) groups excluding carboxylic acids is 8. The molecule has 0 radical (unpaired) electrons. The lowest BCUT2D eigenvalue weighted by Gasteiger charge is -2.28. The van der Waals surface area contributed by atoms with Gasteiger partial charge in [0.05, 0.1) is 43.3 Å². The number of aromatic nitrogens is 6. The molecule has 7 aromatic carbocycles. The second-order valence-corrected chi connectivity index (χ2v) is 28.7. The Morgan fingerprint density at radius 3 is 0.755 bits per heavy atom. The predicted octanol–water partition coefficient (Wildman–Crippen LogP) is 14.6. The maximum absolute atomic E-state index is 13.8. The lowest BCUT2D eigenvalue weighted by atomic mass is 9.70. The number of imide groups is 4. The van der Waals surface area contributed by atoms with Gasteiger partial charge in [-0.15, -0.1) is 0 Å². The van der Waals surface area contributed by atoms with E-state index in [0.29, 0.717) is 11.1 Å². The number of anilines is 4. The van der Waals surface area contributed by atoms with Crippen molar-refractivity contribution in [1.82, 2.24) is 29.9 Å². The summed E-state index contributed by atoms with van der Waals surface area (Å²) in [5.74, 6) is -4.44. The molecule has 4 fully saturated rings. The van der Waals surface area contributed by atoms with E-state index in [4.69, 9.17) is 0 Å². The van der Waals surface area contributed by atoms with Gasteiger partial charge in [0.1, 0.15) is 0 Å². The standard InChI is InChI=1S/C37H35N5O4.C37H37N5O4.C2H6/c1-34(2)28(43)41(29(44)35(34,3)4)32-38-27(39-33(40-32)42-30(45)36(5,6)37(7,8)31(42)46)20-17-18-25-23-15-10-9-13-21(23)22-14-11-12-16-24(22)26(25)19-20;1-34(2)28(43)41(29(44)35(34,3)4)32-38-27(39-33(40-32)42-30(45)36(5,6)37(7,8)31(42)46)26-19-13-18-25(21-26)24-17-12-16-23(20-24)22-14-10-9-11-15-22;1-2/h9-19H,1-8H3;9-21H,1-8H3;1-2H3. The predicted molar refractivity (Wildman–Crippen MR) is 365 cm³/mol. The Bertz CT molecular complexity index is 4470. The second kappa shape index (κ2) is 22.3. The highest BCUT2D eigenvalue weighted by Gasteiger charge is 2.64. The number of fused-ring (bicyclic) bond motifs is 6. The summed E-state index contributed by atoms with van der Waals surface area (Å²) in [6, 6.07) is 48.0. The zero-order valence-corrected chi connectivity index (χ0v) is 56.6. The fraction of sp³-hybridized carbons (Fsp3) is 0.342. The van der Waals surface area contributed by atoms with Crippen LogP contribution in [-0.4, -0.2) is 77.2 Å². The molecule has 0 N–H and O–H groups in total. The molecule has 4 aliphatic rings. The molecule has 480 valence electrons. The molecule has 94 heavy (non-hydrogen) atoms. The van der Waals surface area contributed by atoms with Crippen molar-refractivity contribution in [2.45, 2.75) is 125 Å². The fourth-order valence-corrected chi connectivity index (χ4v) is 12.2. The van der Waals surface area contributed by atoms with E-state index in [9.17, 15) is 38.4 Å². The largest absolute Gasteiger partial charge is 0.273 e. The molecule has 13 rings (SSSR count). The average Bonchev–Trinajstić information content (AvgIpc) is 1.49. The monoisotopic (exact) mass is 1260 g/mol. The Labute approximate surface area is 547 Å². The van der Waals surface area contributed by atoms with Gasteiger partial charge in [0.25, 0.3) is 0 Å². The average molecular weight is 1260 g/mol. The molecule has 0 bridgehead atoms. The zero-order valence-electron chi connectivity index (χ0n) is 56.6. The lowest BCUT2D eigenvalue weighted by molar-refractivity contribution is -0.129. The minimum atomic E-state index is -1.05. The smallest absolute Gasteiger partial charge is 0.244 e. The minimum absolute atomic E-state index is 0.118. The molecule has 0 unspecified atom stereocenters. The fourth-order valence-electron chi connectivity index (χ4n) is 12.2. The van der Waals surface area contributed by atoms with Crippen molar-refractivity contribution >= 4 is 103 Å². The van der Waals surface area contributed by atoms with Gasteiger partial charge >= 0.3 is 0 Å². The SMILES string of the molecule is CC.CC1(C)C(=O)N(c2nc(-c3ccc4c5ccccc5c5ccccc5c4c3)nc(N3C(=O)C(C)(C)C(C)(C)C3=O)n2)C(=O)C1(C)C.CC1(C)C(=O)N(c2nc(-c3cccc(-c4cccc(-c5ccccc5)c4)c3)nc(N3C(=O)C(C)(C)C(C)(C)C3=O)n2)C(=O)C1(C)C. The summed E-state index contributed by atoms with van der Waals surface area (Å²) >= 11 is 0. The summed E-state index contributed by atoms with van der Waals surface area (Å²) in [4.78, 5) is 141. The highest BCUT2D eigenvalue weighted by atomic mass is 16.2. The molecule has 0 spiro atoms. The number of benzene rings is 7. The number of rotatable bonds is 8. The molecular weight excluding hydrogens is 1180 g/mol. The van der Waals surface area contributed by atoms with Crippen molar-refractivity contribution in [3.63, 3.8) is 0 Å². The first kappa shape index (κ1) is 65.4. The van der Waals surface area contributed by atoms with Crippen LogP contribution in [0.3, 0.4) is 0 Å². The maximum Gasteiger partial charge on any atom is 0.244 e. The molecule has 6 heterocycles. The second-order valence-electron chi connectivity index (χ2n) is 28.7. The van der Waals surface area contributed by atoms with Crippen molar-refractivity contribution in [3.05, 3.63) is 146 Å². The number of carbonyl (C=O) groups is 8. The van der Waals surface area contributed by atoms with Crippen LogP contribution in [0, 0.1) is 43.3 Å². The summed E-state index contributed by atoms with van der Waals surface area (Å²) in [7, 11) is 0. The number of amides is 8. The minimum Gasteiger partial charge on any atom is -0.273 e. The molecule has 9 aromatic rings. The van der Waals surface area contributed by atoms with E-state index < -0.39 is 90.6 Å². The highest BCUT2D eigenvalue weighted by molar-refractivity contribution is 6.28. The summed E-state index contributed by atoms with van der Waals surface area (Å²) in [6.45, 7) is 31.4. The van der Waals surface area contributed by atoms with Crippen LogP contribution in [-0.2, 0) is 38.4 Å². The van der Waals surface area contributed by atoms with Crippen molar-refractivity contribution in [2.75, 3.05) is 19.6 Å². The maximum atomic E-state index is 13.8. The van der Waals surface area contributed by atoms with E-state index >= 15 is 0 Å². The van der Waals surface area contributed by atoms with Crippen molar-refractivity contribution in [1.29, 1.82) is 0 Å². The first-order valence-electron chi connectivity index (χ1n) is 31.7. The summed E-state index contributed by atoms with van der Waals surface area (Å²) in [6.07, 6.45) is 0. The quantitative estimate of drug-likeness (QED) is 0.102. The third kappa shape index (κ3) is 9.55. The molecule has 4 aliphatic heterocycles. The normalized spacial score (nSPS) is 19.5. The molecule has 2 aromatic heterocycles. The molecule has 18 nitrogen and oxygen atoms in total. The Morgan fingerprint density at radius 2 is 0.447 bits per heavy atom. The molecular formula is C76H78N10O8. The highest BCUT2D eigenvalue weighted by Crippen LogP contribution is 2.53. The topological polar surface area (TPSA) is 227 Å². The van der Waals surface area contributed by atoms with Gasteiger partial charge in [-0.1, -0.05) is 141 Å². The number of hydrogen-bond donors (Lipinski definition) is 0. The van der Waals surface area contributed by atoms with Crippen LogP contribution in [0.15, 0.2) is 146 Å². The first-order valence-corrected chi connectivity index (χ1v) is 31.7. The van der Waals surface area contributed by atoms with Gasteiger partial charge in [-0.25, -0.2) is 19.6 Å².